The molecule has 0 aliphatic carbocycles. The third-order valence-corrected chi connectivity index (χ3v) is 4.24. The van der Waals surface area contributed by atoms with E-state index in [-0.39, 0.29) is 17.2 Å². The van der Waals surface area contributed by atoms with Crippen molar-refractivity contribution in [3.05, 3.63) is 59.7 Å². The summed E-state index contributed by atoms with van der Waals surface area (Å²) in [5.74, 6) is 0.237. The molecule has 0 aromatic heterocycles. The van der Waals surface area contributed by atoms with Crippen LogP contribution < -0.4 is 10.6 Å². The molecule has 0 atom stereocenters. The van der Waals surface area contributed by atoms with Crippen LogP contribution in [0, 0.1) is 0 Å². The Morgan fingerprint density at radius 1 is 0.885 bits per heavy atom. The van der Waals surface area contributed by atoms with Crippen LogP contribution in [-0.2, 0) is 10.2 Å². The molecular formula is C21H25ClN2O2. The lowest BCUT2D eigenvalue weighted by molar-refractivity contribution is -0.116. The Balaban J connectivity index is 1.96. The van der Waals surface area contributed by atoms with Crippen LogP contribution in [0.5, 0.6) is 0 Å². The van der Waals surface area contributed by atoms with Crippen molar-refractivity contribution in [1.29, 1.82) is 0 Å². The molecule has 5 heteroatoms. The molecule has 2 rings (SSSR count). The number of hydrogen-bond donors (Lipinski definition) is 2. The first kappa shape index (κ1) is 20.0. The van der Waals surface area contributed by atoms with Gasteiger partial charge >= 0.3 is 0 Å². The Hall–Kier alpha value is -2.33. The maximum absolute atomic E-state index is 12.4. The van der Waals surface area contributed by atoms with E-state index in [1.165, 1.54) is 5.56 Å². The van der Waals surface area contributed by atoms with Gasteiger partial charge in [-0.1, -0.05) is 32.9 Å². The van der Waals surface area contributed by atoms with Crippen LogP contribution in [0.3, 0.4) is 0 Å². The molecule has 0 radical (unpaired) electrons. The van der Waals surface area contributed by atoms with Gasteiger partial charge in [-0.2, -0.15) is 0 Å². The lowest BCUT2D eigenvalue weighted by Gasteiger charge is -2.19. The summed E-state index contributed by atoms with van der Waals surface area (Å²) in [5, 5.41) is 5.66. The monoisotopic (exact) mass is 372 g/mol. The predicted molar refractivity (Wildman–Crippen MR) is 108 cm³/mol. The first-order chi connectivity index (χ1) is 12.3. The molecule has 0 bridgehead atoms. The minimum Gasteiger partial charge on any atom is -0.326 e. The highest BCUT2D eigenvalue weighted by Crippen LogP contribution is 2.22. The highest BCUT2D eigenvalue weighted by atomic mass is 35.5. The highest BCUT2D eigenvalue weighted by molar-refractivity contribution is 6.18. The molecule has 0 spiro atoms. The summed E-state index contributed by atoms with van der Waals surface area (Å²) in [4.78, 5) is 24.0. The molecule has 26 heavy (non-hydrogen) atoms. The van der Waals surface area contributed by atoms with Crippen molar-refractivity contribution in [2.24, 2.45) is 0 Å². The van der Waals surface area contributed by atoms with Crippen LogP contribution in [0.15, 0.2) is 48.5 Å². The average molecular weight is 373 g/mol. The zero-order valence-electron chi connectivity index (χ0n) is 15.4. The van der Waals surface area contributed by atoms with E-state index in [4.69, 9.17) is 11.6 Å². The Morgan fingerprint density at radius 2 is 1.42 bits per heavy atom. The van der Waals surface area contributed by atoms with Crippen LogP contribution in [-0.4, -0.2) is 17.7 Å². The van der Waals surface area contributed by atoms with Gasteiger partial charge in [0.15, 0.2) is 0 Å². The van der Waals surface area contributed by atoms with Crippen LogP contribution in [0.2, 0.25) is 0 Å². The van der Waals surface area contributed by atoms with Gasteiger partial charge in [-0.15, -0.1) is 11.6 Å². The van der Waals surface area contributed by atoms with Gasteiger partial charge in [-0.05, 0) is 53.8 Å². The zero-order valence-corrected chi connectivity index (χ0v) is 16.2. The molecule has 0 unspecified atom stereocenters. The summed E-state index contributed by atoms with van der Waals surface area (Å²) >= 11 is 5.58. The number of carbonyl (C=O) groups is 2. The van der Waals surface area contributed by atoms with Crippen molar-refractivity contribution >= 4 is 34.8 Å². The van der Waals surface area contributed by atoms with Crippen molar-refractivity contribution in [3.8, 4) is 0 Å². The first-order valence-electron chi connectivity index (χ1n) is 8.67. The molecule has 138 valence electrons. The molecule has 2 N–H and O–H groups in total. The second-order valence-electron chi connectivity index (χ2n) is 7.20. The van der Waals surface area contributed by atoms with E-state index in [0.717, 1.165) is 0 Å². The van der Waals surface area contributed by atoms with E-state index >= 15 is 0 Å². The fourth-order valence-corrected chi connectivity index (χ4v) is 2.55. The van der Waals surface area contributed by atoms with Gasteiger partial charge in [0, 0.05) is 29.2 Å². The SMILES string of the molecule is CC(C)(C)c1ccc(C(=O)Nc2ccc(NC(=O)CCCCl)cc2)cc1. The maximum atomic E-state index is 12.4. The molecule has 0 saturated carbocycles. The summed E-state index contributed by atoms with van der Waals surface area (Å²) in [6.45, 7) is 6.41. The number of alkyl halides is 1. The minimum atomic E-state index is -0.163. The highest BCUT2D eigenvalue weighted by Gasteiger charge is 2.14. The third-order valence-electron chi connectivity index (χ3n) is 3.98. The Morgan fingerprint density at radius 3 is 1.92 bits per heavy atom. The molecule has 0 fully saturated rings. The number of hydrogen-bond acceptors (Lipinski definition) is 2. The molecule has 0 heterocycles. The molecule has 2 aromatic rings. The normalized spacial score (nSPS) is 11.1. The number of rotatable bonds is 6. The van der Waals surface area contributed by atoms with Gasteiger partial charge in [-0.3, -0.25) is 9.59 Å². The molecule has 0 saturated heterocycles. The number of amides is 2. The molecular weight excluding hydrogens is 348 g/mol. The van der Waals surface area contributed by atoms with E-state index in [1.54, 1.807) is 24.3 Å². The van der Waals surface area contributed by atoms with E-state index in [2.05, 4.69) is 31.4 Å². The van der Waals surface area contributed by atoms with Crippen LogP contribution in [0.25, 0.3) is 0 Å². The van der Waals surface area contributed by atoms with E-state index in [1.807, 2.05) is 24.3 Å². The van der Waals surface area contributed by atoms with Gasteiger partial charge in [0.2, 0.25) is 5.91 Å². The molecule has 0 aliphatic rings. The molecule has 2 amide bonds. The van der Waals surface area contributed by atoms with Gasteiger partial charge in [0.1, 0.15) is 0 Å². The number of carbonyl (C=O) groups excluding carboxylic acids is 2. The summed E-state index contributed by atoms with van der Waals surface area (Å²) in [6.07, 6.45) is 1.04. The van der Waals surface area contributed by atoms with E-state index in [0.29, 0.717) is 35.7 Å². The molecule has 0 aliphatic heterocycles. The quantitative estimate of drug-likeness (QED) is 0.685. The Bertz CT molecular complexity index is 747. The van der Waals surface area contributed by atoms with E-state index in [9.17, 15) is 9.59 Å². The Labute approximate surface area is 159 Å². The number of halogens is 1. The minimum absolute atomic E-state index is 0.0546. The van der Waals surface area contributed by atoms with Crippen LogP contribution >= 0.6 is 11.6 Å². The number of anilines is 2. The van der Waals surface area contributed by atoms with Crippen molar-refractivity contribution in [2.45, 2.75) is 39.0 Å². The Kier molecular flexibility index (Phi) is 6.81. The van der Waals surface area contributed by atoms with Gasteiger partial charge < -0.3 is 10.6 Å². The fourth-order valence-electron chi connectivity index (χ4n) is 2.41. The second kappa shape index (κ2) is 8.86. The number of benzene rings is 2. The summed E-state index contributed by atoms with van der Waals surface area (Å²) in [6, 6.07) is 14.7. The van der Waals surface area contributed by atoms with Gasteiger partial charge in [0.05, 0.1) is 0 Å². The van der Waals surface area contributed by atoms with Crippen molar-refractivity contribution in [3.63, 3.8) is 0 Å². The lowest BCUT2D eigenvalue weighted by Crippen LogP contribution is -2.14. The van der Waals surface area contributed by atoms with Gasteiger partial charge in [0.25, 0.3) is 5.91 Å². The number of nitrogens with one attached hydrogen (secondary N) is 2. The zero-order chi connectivity index (χ0) is 19.2. The maximum Gasteiger partial charge on any atom is 0.255 e. The molecule has 4 nitrogen and oxygen atoms in total. The lowest BCUT2D eigenvalue weighted by atomic mass is 9.87. The van der Waals surface area contributed by atoms with Crippen molar-refractivity contribution in [2.75, 3.05) is 16.5 Å². The van der Waals surface area contributed by atoms with Gasteiger partial charge in [-0.25, -0.2) is 0 Å². The topological polar surface area (TPSA) is 58.2 Å². The molecule has 2 aromatic carbocycles. The first-order valence-corrected chi connectivity index (χ1v) is 9.21. The third kappa shape index (κ3) is 5.88. The standard InChI is InChI=1S/C21H25ClN2O2/c1-21(2,3)16-8-6-15(7-9-16)20(26)24-18-12-10-17(11-13-18)23-19(25)5-4-14-22/h6-13H,4-5,14H2,1-3H3,(H,23,25)(H,24,26). The van der Waals surface area contributed by atoms with E-state index < -0.39 is 0 Å². The largest absolute Gasteiger partial charge is 0.326 e. The van der Waals surface area contributed by atoms with Crippen molar-refractivity contribution < 1.29 is 9.59 Å². The summed E-state index contributed by atoms with van der Waals surface area (Å²) in [7, 11) is 0. The van der Waals surface area contributed by atoms with Crippen LogP contribution in [0.1, 0.15) is 49.5 Å². The fraction of sp³-hybridized carbons (Fsp3) is 0.333. The second-order valence-corrected chi connectivity index (χ2v) is 7.58. The van der Waals surface area contributed by atoms with Crippen molar-refractivity contribution in [1.82, 2.24) is 0 Å². The predicted octanol–water partition coefficient (Wildman–Crippen LogP) is 5.19. The average Bonchev–Trinajstić information content (AvgIpc) is 2.61. The summed E-state index contributed by atoms with van der Waals surface area (Å²) < 4.78 is 0. The van der Waals surface area contributed by atoms with Crippen LogP contribution in [0.4, 0.5) is 11.4 Å². The summed E-state index contributed by atoms with van der Waals surface area (Å²) in [5.41, 5.74) is 3.21. The smallest absolute Gasteiger partial charge is 0.255 e.